The second kappa shape index (κ2) is 3.53. The average Bonchev–Trinajstić information content (AvgIpc) is 1.61. The van der Waals surface area contributed by atoms with Crippen LogP contribution in [-0.4, -0.2) is 11.7 Å². The minimum absolute atomic E-state index is 0.321. The molecule has 0 spiro atoms. The van der Waals surface area contributed by atoms with Gasteiger partial charge in [-0.15, -0.1) is 0 Å². The third kappa shape index (κ3) is 5.34. The van der Waals surface area contributed by atoms with Gasteiger partial charge in [0.25, 0.3) is 0 Å². The Hall–Kier alpha value is -0.660. The summed E-state index contributed by atoms with van der Waals surface area (Å²) >= 11 is 0. The van der Waals surface area contributed by atoms with Crippen molar-refractivity contribution >= 4 is 0 Å². The van der Waals surface area contributed by atoms with Crippen LogP contribution in [0, 0.1) is 0 Å². The van der Waals surface area contributed by atoms with Crippen LogP contribution in [0.5, 0.6) is 0 Å². The lowest BCUT2D eigenvalue weighted by Crippen LogP contribution is -2.02. The second-order valence-electron chi connectivity index (χ2n) is 1.34. The van der Waals surface area contributed by atoms with E-state index in [2.05, 4.69) is 5.32 Å². The van der Waals surface area contributed by atoms with E-state index in [-0.39, 0.29) is 0 Å². The summed E-state index contributed by atoms with van der Waals surface area (Å²) in [6, 6.07) is 0. The van der Waals surface area contributed by atoms with Crippen molar-refractivity contribution in [3.63, 3.8) is 0 Å². The highest BCUT2D eigenvalue weighted by Crippen LogP contribution is 1.76. The van der Waals surface area contributed by atoms with Crippen molar-refractivity contribution in [2.75, 3.05) is 6.54 Å². The van der Waals surface area contributed by atoms with Gasteiger partial charge in [0.05, 0.1) is 0 Å². The third-order valence-electron chi connectivity index (χ3n) is 0.515. The van der Waals surface area contributed by atoms with Gasteiger partial charge in [0.15, 0.2) is 0 Å². The first kappa shape index (κ1) is 6.34. The van der Waals surface area contributed by atoms with Crippen molar-refractivity contribution in [3.05, 3.63) is 12.0 Å². The summed E-state index contributed by atoms with van der Waals surface area (Å²) in [6.45, 7) is 4.46. The highest BCUT2D eigenvalue weighted by Gasteiger charge is 1.72. The van der Waals surface area contributed by atoms with Gasteiger partial charge in [-0.25, -0.2) is 0 Å². The van der Waals surface area contributed by atoms with Crippen LogP contribution in [0.4, 0.5) is 0 Å². The fourth-order valence-electron chi connectivity index (χ4n) is 0.250. The summed E-state index contributed by atoms with van der Waals surface area (Å²) in [5.74, 6) is 0.321. The molecule has 0 radical (unpaired) electrons. The van der Waals surface area contributed by atoms with E-state index in [9.17, 15) is 0 Å². The Morgan fingerprint density at radius 1 is 1.86 bits per heavy atom. The molecule has 0 atom stereocenters. The molecular weight excluding hydrogens is 90.1 g/mol. The molecule has 0 saturated heterocycles. The maximum Gasteiger partial charge on any atom is 0.105 e. The first-order valence-corrected chi connectivity index (χ1v) is 2.36. The number of aliphatic hydroxyl groups is 1. The molecule has 0 aromatic carbocycles. The topological polar surface area (TPSA) is 32.3 Å². The predicted octanol–water partition coefficient (Wildman–Crippen LogP) is 1.02. The number of hydrogen-bond acceptors (Lipinski definition) is 2. The molecule has 0 aromatic heterocycles. The minimum Gasteiger partial charge on any atom is -0.511 e. The first-order valence-electron chi connectivity index (χ1n) is 2.36. The summed E-state index contributed by atoms with van der Waals surface area (Å²) in [5, 5.41) is 11.3. The van der Waals surface area contributed by atoms with E-state index in [0.717, 1.165) is 6.54 Å². The van der Waals surface area contributed by atoms with Crippen LogP contribution in [-0.2, 0) is 0 Å². The fourth-order valence-corrected chi connectivity index (χ4v) is 0.250. The molecule has 7 heavy (non-hydrogen) atoms. The van der Waals surface area contributed by atoms with E-state index in [4.69, 9.17) is 5.11 Å². The van der Waals surface area contributed by atoms with Crippen LogP contribution in [0.3, 0.4) is 0 Å². The molecule has 0 rings (SSSR count). The standard InChI is InChI=1S/C5H11NO/c1-3-6-4-5(2)7/h4,6-7H,3H2,1-2H3/b5-4-. The second-order valence-corrected chi connectivity index (χ2v) is 1.34. The van der Waals surface area contributed by atoms with Gasteiger partial charge >= 0.3 is 0 Å². The highest BCUT2D eigenvalue weighted by atomic mass is 16.3. The third-order valence-corrected chi connectivity index (χ3v) is 0.515. The summed E-state index contributed by atoms with van der Waals surface area (Å²) in [4.78, 5) is 0. The molecule has 0 amide bonds. The fraction of sp³-hybridized carbons (Fsp3) is 0.600. The molecule has 0 bridgehead atoms. The van der Waals surface area contributed by atoms with Crippen LogP contribution in [0.25, 0.3) is 0 Å². The van der Waals surface area contributed by atoms with E-state index < -0.39 is 0 Å². The molecule has 42 valence electrons. The van der Waals surface area contributed by atoms with Gasteiger partial charge in [-0.05, 0) is 13.8 Å². The molecule has 0 aliphatic heterocycles. The lowest BCUT2D eigenvalue weighted by Gasteiger charge is -1.90. The number of rotatable bonds is 2. The van der Waals surface area contributed by atoms with Gasteiger partial charge < -0.3 is 10.4 Å². The quantitative estimate of drug-likeness (QED) is 0.509. The molecule has 0 aliphatic rings. The van der Waals surface area contributed by atoms with E-state index in [0.29, 0.717) is 5.76 Å². The van der Waals surface area contributed by atoms with E-state index in [1.54, 1.807) is 13.1 Å². The normalized spacial score (nSPS) is 11.4. The lowest BCUT2D eigenvalue weighted by atomic mass is 10.6. The number of nitrogens with one attached hydrogen (secondary N) is 1. The monoisotopic (exact) mass is 101 g/mol. The zero-order valence-corrected chi connectivity index (χ0v) is 4.73. The highest BCUT2D eigenvalue weighted by molar-refractivity contribution is 4.82. The van der Waals surface area contributed by atoms with Crippen LogP contribution < -0.4 is 5.32 Å². The molecule has 2 heteroatoms. The Kier molecular flexibility index (Phi) is 3.19. The largest absolute Gasteiger partial charge is 0.511 e. The van der Waals surface area contributed by atoms with Crippen LogP contribution in [0.15, 0.2) is 12.0 Å². The molecule has 0 fully saturated rings. The minimum atomic E-state index is 0.321. The summed E-state index contributed by atoms with van der Waals surface area (Å²) in [7, 11) is 0. The van der Waals surface area contributed by atoms with Crippen molar-refractivity contribution < 1.29 is 5.11 Å². The Labute approximate surface area is 43.9 Å². The molecular formula is C5H11NO. The number of allylic oxidation sites excluding steroid dienone is 1. The Morgan fingerprint density at radius 3 is 2.57 bits per heavy atom. The zero-order chi connectivity index (χ0) is 5.70. The van der Waals surface area contributed by atoms with Gasteiger partial charge in [0.1, 0.15) is 5.76 Å². The molecule has 0 heterocycles. The summed E-state index contributed by atoms with van der Waals surface area (Å²) in [5.41, 5.74) is 0. The Balaban J connectivity index is 3.08. The Morgan fingerprint density at radius 2 is 2.43 bits per heavy atom. The first-order chi connectivity index (χ1) is 3.27. The summed E-state index contributed by atoms with van der Waals surface area (Å²) < 4.78 is 0. The van der Waals surface area contributed by atoms with Crippen molar-refractivity contribution in [2.45, 2.75) is 13.8 Å². The van der Waals surface area contributed by atoms with Crippen molar-refractivity contribution in [3.8, 4) is 0 Å². The summed E-state index contributed by atoms with van der Waals surface area (Å²) in [6.07, 6.45) is 1.57. The average molecular weight is 101 g/mol. The smallest absolute Gasteiger partial charge is 0.105 e. The maximum atomic E-state index is 8.48. The Bertz CT molecular complexity index is 64.5. The van der Waals surface area contributed by atoms with Gasteiger partial charge in [-0.3, -0.25) is 0 Å². The maximum absolute atomic E-state index is 8.48. The van der Waals surface area contributed by atoms with Crippen molar-refractivity contribution in [1.82, 2.24) is 5.32 Å². The van der Waals surface area contributed by atoms with Crippen LogP contribution >= 0.6 is 0 Å². The van der Waals surface area contributed by atoms with E-state index in [1.165, 1.54) is 0 Å². The number of aliphatic hydroxyl groups excluding tert-OH is 1. The van der Waals surface area contributed by atoms with Crippen LogP contribution in [0.2, 0.25) is 0 Å². The van der Waals surface area contributed by atoms with E-state index in [1.807, 2.05) is 6.92 Å². The SMILES string of the molecule is CCN/C=C(/C)O. The van der Waals surface area contributed by atoms with Gasteiger partial charge in [0, 0.05) is 12.7 Å². The molecule has 0 saturated carbocycles. The molecule has 2 N–H and O–H groups in total. The van der Waals surface area contributed by atoms with Crippen molar-refractivity contribution in [2.24, 2.45) is 0 Å². The van der Waals surface area contributed by atoms with Crippen molar-refractivity contribution in [1.29, 1.82) is 0 Å². The molecule has 0 aromatic rings. The van der Waals surface area contributed by atoms with Crippen LogP contribution in [0.1, 0.15) is 13.8 Å². The van der Waals surface area contributed by atoms with Gasteiger partial charge in [0.2, 0.25) is 0 Å². The zero-order valence-electron chi connectivity index (χ0n) is 4.73. The molecule has 2 nitrogen and oxygen atoms in total. The predicted molar refractivity (Wildman–Crippen MR) is 30.1 cm³/mol. The van der Waals surface area contributed by atoms with E-state index >= 15 is 0 Å². The number of hydrogen-bond donors (Lipinski definition) is 2. The van der Waals surface area contributed by atoms with Gasteiger partial charge in [-0.1, -0.05) is 0 Å². The lowest BCUT2D eigenvalue weighted by molar-refractivity contribution is 0.409. The molecule has 0 unspecified atom stereocenters. The van der Waals surface area contributed by atoms with Gasteiger partial charge in [-0.2, -0.15) is 0 Å². The molecule has 0 aliphatic carbocycles.